The first-order valence-electron chi connectivity index (χ1n) is 7.01. The monoisotopic (exact) mass is 288 g/mol. The van der Waals surface area contributed by atoms with Gasteiger partial charge in [-0.1, -0.05) is 24.0 Å². The lowest BCUT2D eigenvalue weighted by Crippen LogP contribution is -2.35. The summed E-state index contributed by atoms with van der Waals surface area (Å²) in [5, 5.41) is 2.98. The number of hydrogen-bond donors (Lipinski definition) is 2. The van der Waals surface area contributed by atoms with E-state index >= 15 is 0 Å². The van der Waals surface area contributed by atoms with E-state index in [1.165, 1.54) is 0 Å². The van der Waals surface area contributed by atoms with Gasteiger partial charge < -0.3 is 15.8 Å². The fourth-order valence-electron chi connectivity index (χ4n) is 1.87. The van der Waals surface area contributed by atoms with Gasteiger partial charge in [0.2, 0.25) is 5.91 Å². The number of ether oxygens (including phenoxy) is 1. The molecule has 1 aromatic rings. The van der Waals surface area contributed by atoms with Crippen molar-refractivity contribution in [2.24, 2.45) is 5.73 Å². The average Bonchev–Trinajstić information content (AvgIpc) is 2.44. The molecule has 4 nitrogen and oxygen atoms in total. The first kappa shape index (κ1) is 17.2. The van der Waals surface area contributed by atoms with Crippen molar-refractivity contribution < 1.29 is 9.53 Å². The van der Waals surface area contributed by atoms with Gasteiger partial charge in [0, 0.05) is 12.7 Å². The van der Waals surface area contributed by atoms with E-state index in [4.69, 9.17) is 10.5 Å². The molecular weight excluding hydrogens is 264 g/mol. The minimum Gasteiger partial charge on any atom is -0.378 e. The number of carbonyl (C=O) groups is 1. The molecule has 1 aromatic carbocycles. The SMILES string of the molecule is COC(C)(C)CC(=O)NC(C)c1cccc(C#CCN)c1. The van der Waals surface area contributed by atoms with Crippen LogP contribution >= 0.6 is 0 Å². The molecule has 0 aliphatic heterocycles. The molecule has 21 heavy (non-hydrogen) atoms. The third-order valence-corrected chi connectivity index (χ3v) is 3.24. The summed E-state index contributed by atoms with van der Waals surface area (Å²) >= 11 is 0. The summed E-state index contributed by atoms with van der Waals surface area (Å²) in [6.07, 6.45) is 0.320. The fraction of sp³-hybridized carbons (Fsp3) is 0.471. The molecule has 0 aromatic heterocycles. The van der Waals surface area contributed by atoms with Crippen LogP contribution in [-0.4, -0.2) is 25.2 Å². The maximum atomic E-state index is 12.0. The Kier molecular flexibility index (Phi) is 6.41. The van der Waals surface area contributed by atoms with Crippen LogP contribution in [0.2, 0.25) is 0 Å². The van der Waals surface area contributed by atoms with Gasteiger partial charge in [0.15, 0.2) is 0 Å². The fourth-order valence-corrected chi connectivity index (χ4v) is 1.87. The van der Waals surface area contributed by atoms with Gasteiger partial charge in [-0.25, -0.2) is 0 Å². The van der Waals surface area contributed by atoms with E-state index in [2.05, 4.69) is 17.2 Å². The van der Waals surface area contributed by atoms with Gasteiger partial charge in [0.25, 0.3) is 0 Å². The van der Waals surface area contributed by atoms with Crippen LogP contribution in [0.1, 0.15) is 44.4 Å². The van der Waals surface area contributed by atoms with E-state index in [0.717, 1.165) is 11.1 Å². The van der Waals surface area contributed by atoms with Gasteiger partial charge in [-0.15, -0.1) is 0 Å². The van der Waals surface area contributed by atoms with Crippen molar-refractivity contribution in [1.82, 2.24) is 5.32 Å². The first-order chi connectivity index (χ1) is 9.88. The number of rotatable bonds is 5. The highest BCUT2D eigenvalue weighted by atomic mass is 16.5. The third kappa shape index (κ3) is 5.99. The van der Waals surface area contributed by atoms with Gasteiger partial charge in [0.05, 0.1) is 24.6 Å². The van der Waals surface area contributed by atoms with E-state index < -0.39 is 5.60 Å². The molecule has 0 saturated carbocycles. The summed E-state index contributed by atoms with van der Waals surface area (Å²) in [7, 11) is 1.61. The lowest BCUT2D eigenvalue weighted by molar-refractivity contribution is -0.126. The minimum atomic E-state index is -0.460. The number of hydrogen-bond acceptors (Lipinski definition) is 3. The number of nitrogens with two attached hydrogens (primary N) is 1. The number of amides is 1. The van der Waals surface area contributed by atoms with Crippen molar-refractivity contribution >= 4 is 5.91 Å². The predicted octanol–water partition coefficient (Wildman–Crippen LogP) is 1.99. The molecule has 0 bridgehead atoms. The van der Waals surface area contributed by atoms with Crippen molar-refractivity contribution in [2.45, 2.75) is 38.8 Å². The van der Waals surface area contributed by atoms with Crippen molar-refractivity contribution in [3.63, 3.8) is 0 Å². The van der Waals surface area contributed by atoms with Crippen LogP contribution in [0.3, 0.4) is 0 Å². The summed E-state index contributed by atoms with van der Waals surface area (Å²) in [5.41, 5.74) is 6.82. The standard InChI is InChI=1S/C17H24N2O2/c1-13(19-16(20)12-17(2,3)21-4)15-9-5-7-14(11-15)8-6-10-18/h5,7,9,11,13H,10,12,18H2,1-4H3,(H,19,20). The minimum absolute atomic E-state index is 0.0344. The summed E-state index contributed by atoms with van der Waals surface area (Å²) in [6, 6.07) is 7.71. The first-order valence-corrected chi connectivity index (χ1v) is 7.01. The predicted molar refractivity (Wildman–Crippen MR) is 84.6 cm³/mol. The largest absolute Gasteiger partial charge is 0.378 e. The summed E-state index contributed by atoms with van der Waals surface area (Å²) < 4.78 is 5.27. The van der Waals surface area contributed by atoms with E-state index in [9.17, 15) is 4.79 Å². The molecule has 1 unspecified atom stereocenters. The zero-order chi connectivity index (χ0) is 15.9. The molecule has 0 spiro atoms. The Morgan fingerprint density at radius 1 is 1.48 bits per heavy atom. The average molecular weight is 288 g/mol. The maximum absolute atomic E-state index is 12.0. The topological polar surface area (TPSA) is 64.3 Å². The van der Waals surface area contributed by atoms with Crippen LogP contribution in [0.5, 0.6) is 0 Å². The van der Waals surface area contributed by atoms with Crippen LogP contribution < -0.4 is 11.1 Å². The zero-order valence-corrected chi connectivity index (χ0v) is 13.2. The van der Waals surface area contributed by atoms with Crippen LogP contribution in [0.25, 0.3) is 0 Å². The maximum Gasteiger partial charge on any atom is 0.223 e. The van der Waals surface area contributed by atoms with Crippen molar-refractivity contribution in [2.75, 3.05) is 13.7 Å². The van der Waals surface area contributed by atoms with E-state index in [1.807, 2.05) is 45.0 Å². The van der Waals surface area contributed by atoms with Crippen LogP contribution in [0.15, 0.2) is 24.3 Å². The third-order valence-electron chi connectivity index (χ3n) is 3.24. The second-order valence-corrected chi connectivity index (χ2v) is 5.56. The Morgan fingerprint density at radius 2 is 2.19 bits per heavy atom. The second-order valence-electron chi connectivity index (χ2n) is 5.56. The highest BCUT2D eigenvalue weighted by Gasteiger charge is 2.22. The van der Waals surface area contributed by atoms with Crippen molar-refractivity contribution in [3.8, 4) is 11.8 Å². The Hall–Kier alpha value is -1.83. The number of benzene rings is 1. The van der Waals surface area contributed by atoms with Crippen molar-refractivity contribution in [1.29, 1.82) is 0 Å². The van der Waals surface area contributed by atoms with Gasteiger partial charge >= 0.3 is 0 Å². The van der Waals surface area contributed by atoms with Crippen molar-refractivity contribution in [3.05, 3.63) is 35.4 Å². The van der Waals surface area contributed by atoms with E-state index in [0.29, 0.717) is 13.0 Å². The highest BCUT2D eigenvalue weighted by Crippen LogP contribution is 2.17. The molecule has 0 fully saturated rings. The normalized spacial score (nSPS) is 12.2. The Balaban J connectivity index is 2.71. The Labute approximate surface area is 127 Å². The molecule has 114 valence electrons. The van der Waals surface area contributed by atoms with Gasteiger partial charge in [-0.05, 0) is 38.5 Å². The lowest BCUT2D eigenvalue weighted by atomic mass is 10.0. The molecule has 3 N–H and O–H groups in total. The van der Waals surface area contributed by atoms with Gasteiger partial charge in [-0.3, -0.25) is 4.79 Å². The van der Waals surface area contributed by atoms with E-state index in [-0.39, 0.29) is 11.9 Å². The van der Waals surface area contributed by atoms with E-state index in [1.54, 1.807) is 7.11 Å². The van der Waals surface area contributed by atoms with Crippen LogP contribution in [-0.2, 0) is 9.53 Å². The van der Waals surface area contributed by atoms with Gasteiger partial charge in [0.1, 0.15) is 0 Å². The zero-order valence-electron chi connectivity index (χ0n) is 13.2. The molecule has 0 aliphatic carbocycles. The molecule has 0 radical (unpaired) electrons. The summed E-state index contributed by atoms with van der Waals surface area (Å²) in [6.45, 7) is 6.07. The van der Waals surface area contributed by atoms with Gasteiger partial charge in [-0.2, -0.15) is 0 Å². The molecular formula is C17H24N2O2. The lowest BCUT2D eigenvalue weighted by Gasteiger charge is -2.23. The Morgan fingerprint density at radius 3 is 2.81 bits per heavy atom. The number of nitrogens with one attached hydrogen (secondary N) is 1. The van der Waals surface area contributed by atoms with Crippen LogP contribution in [0, 0.1) is 11.8 Å². The molecule has 1 rings (SSSR count). The number of methoxy groups -OCH3 is 1. The quantitative estimate of drug-likeness (QED) is 0.814. The molecule has 0 saturated heterocycles. The van der Waals surface area contributed by atoms with Crippen LogP contribution in [0.4, 0.5) is 0 Å². The molecule has 0 heterocycles. The summed E-state index contributed by atoms with van der Waals surface area (Å²) in [4.78, 5) is 12.0. The second kappa shape index (κ2) is 7.82. The highest BCUT2D eigenvalue weighted by molar-refractivity contribution is 5.77. The molecule has 4 heteroatoms. The number of carbonyl (C=O) groups excluding carboxylic acids is 1. The molecule has 1 amide bonds. The molecule has 1 atom stereocenters. The summed E-state index contributed by atoms with van der Waals surface area (Å²) in [5.74, 6) is 5.78. The Bertz CT molecular complexity index is 541. The molecule has 0 aliphatic rings. The smallest absolute Gasteiger partial charge is 0.223 e.